The van der Waals surface area contributed by atoms with Gasteiger partial charge in [0.2, 0.25) is 5.91 Å². The fourth-order valence-electron chi connectivity index (χ4n) is 8.74. The van der Waals surface area contributed by atoms with Crippen molar-refractivity contribution in [2.24, 2.45) is 0 Å². The molecule has 1 rings (SSSR count). The molecular formula is C49H97NO9. The maximum atomic E-state index is 13.2. The maximum absolute atomic E-state index is 13.2. The van der Waals surface area contributed by atoms with Crippen molar-refractivity contribution in [1.82, 2.24) is 5.32 Å². The van der Waals surface area contributed by atoms with Gasteiger partial charge in [-0.05, 0) is 12.8 Å². The van der Waals surface area contributed by atoms with Gasteiger partial charge in [-0.1, -0.05) is 232 Å². The van der Waals surface area contributed by atoms with E-state index in [1.807, 2.05) is 0 Å². The molecule has 0 radical (unpaired) electrons. The van der Waals surface area contributed by atoms with Gasteiger partial charge in [0.25, 0.3) is 0 Å². The van der Waals surface area contributed by atoms with E-state index in [2.05, 4.69) is 19.2 Å². The molecule has 0 aromatic rings. The van der Waals surface area contributed by atoms with Gasteiger partial charge in [-0.25, -0.2) is 0 Å². The van der Waals surface area contributed by atoms with Crippen molar-refractivity contribution < 1.29 is 45.3 Å². The maximum Gasteiger partial charge on any atom is 0.249 e. The number of rotatable bonds is 42. The lowest BCUT2D eigenvalue weighted by molar-refractivity contribution is -0.253. The summed E-state index contributed by atoms with van der Waals surface area (Å²) in [5, 5.41) is 77.0. The summed E-state index contributed by atoms with van der Waals surface area (Å²) in [5.41, 5.74) is 0. The first kappa shape index (κ1) is 56.2. The second-order valence-corrected chi connectivity index (χ2v) is 18.3. The molecule has 1 aliphatic heterocycles. The zero-order valence-electron chi connectivity index (χ0n) is 38.3. The molecule has 10 heteroatoms. The van der Waals surface area contributed by atoms with Crippen LogP contribution < -0.4 is 5.32 Å². The Hall–Kier alpha value is -0.850. The van der Waals surface area contributed by atoms with Gasteiger partial charge in [-0.2, -0.15) is 0 Å². The molecular weight excluding hydrogens is 747 g/mol. The lowest BCUT2D eigenvalue weighted by Crippen LogP contribution is -2.66. The Labute approximate surface area is 362 Å². The van der Waals surface area contributed by atoms with Crippen LogP contribution in [-0.4, -0.2) is 103 Å². The SMILES string of the molecule is CCCCCCCCCCCCCCCCCCCCC[C@@H](O)C(=O)N[C@@H](C(O)[C@@H]1O[C@H](CO)[C@@H](O)[C@H](O)[C@H]1O)[C@H](O)CCCCCCCCCCCCCCCCC. The summed E-state index contributed by atoms with van der Waals surface area (Å²) in [7, 11) is 0. The molecule has 0 bridgehead atoms. The van der Waals surface area contributed by atoms with Gasteiger partial charge >= 0.3 is 0 Å². The summed E-state index contributed by atoms with van der Waals surface area (Å²) >= 11 is 0. The van der Waals surface area contributed by atoms with Crippen LogP contribution in [0.1, 0.15) is 245 Å². The lowest BCUT2D eigenvalue weighted by atomic mass is 9.87. The van der Waals surface area contributed by atoms with Crippen molar-refractivity contribution in [2.45, 2.75) is 300 Å². The fraction of sp³-hybridized carbons (Fsp3) is 0.980. The summed E-state index contributed by atoms with van der Waals surface area (Å²) in [4.78, 5) is 13.2. The first-order valence-electron chi connectivity index (χ1n) is 25.3. The van der Waals surface area contributed by atoms with Crippen LogP contribution in [0.3, 0.4) is 0 Å². The lowest BCUT2D eigenvalue weighted by Gasteiger charge is -2.44. The number of hydrogen-bond donors (Lipinski definition) is 8. The Bertz CT molecular complexity index is 926. The van der Waals surface area contributed by atoms with E-state index in [0.29, 0.717) is 12.8 Å². The largest absolute Gasteiger partial charge is 0.394 e. The average Bonchev–Trinajstić information content (AvgIpc) is 3.23. The minimum Gasteiger partial charge on any atom is -0.394 e. The zero-order valence-corrected chi connectivity index (χ0v) is 38.3. The Balaban J connectivity index is 2.38. The second kappa shape index (κ2) is 38.8. The van der Waals surface area contributed by atoms with Crippen molar-refractivity contribution in [2.75, 3.05) is 6.61 Å². The van der Waals surface area contributed by atoms with Crippen molar-refractivity contribution in [3.05, 3.63) is 0 Å². The quantitative estimate of drug-likeness (QED) is 0.0278. The van der Waals surface area contributed by atoms with E-state index < -0.39 is 67.4 Å². The van der Waals surface area contributed by atoms with Crippen LogP contribution in [-0.2, 0) is 9.53 Å². The molecule has 0 aromatic carbocycles. The van der Waals surface area contributed by atoms with Gasteiger partial charge in [0.1, 0.15) is 42.7 Å². The predicted molar refractivity (Wildman–Crippen MR) is 241 cm³/mol. The van der Waals surface area contributed by atoms with Crippen molar-refractivity contribution in [1.29, 1.82) is 0 Å². The molecule has 1 aliphatic rings. The minimum atomic E-state index is -1.73. The highest BCUT2D eigenvalue weighted by Gasteiger charge is 2.49. The van der Waals surface area contributed by atoms with Gasteiger partial charge in [0, 0.05) is 0 Å². The van der Waals surface area contributed by atoms with Crippen LogP contribution in [0.15, 0.2) is 0 Å². The van der Waals surface area contributed by atoms with Crippen LogP contribution in [0, 0.1) is 0 Å². The summed E-state index contributed by atoms with van der Waals surface area (Å²) in [6.45, 7) is 3.86. The van der Waals surface area contributed by atoms with Crippen LogP contribution in [0.5, 0.6) is 0 Å². The van der Waals surface area contributed by atoms with Crippen molar-refractivity contribution in [3.8, 4) is 0 Å². The summed E-state index contributed by atoms with van der Waals surface area (Å²) in [6.07, 6.45) is 30.6. The Morgan fingerprint density at radius 1 is 0.475 bits per heavy atom. The molecule has 59 heavy (non-hydrogen) atoms. The highest BCUT2D eigenvalue weighted by molar-refractivity contribution is 5.80. The molecule has 8 N–H and O–H groups in total. The van der Waals surface area contributed by atoms with E-state index in [4.69, 9.17) is 4.74 Å². The standard InChI is InChI=1S/C49H97NO9/c1-3-5-7-9-11-13-15-17-19-20-21-22-24-26-28-30-32-34-36-38-41(53)49(58)50-43(45(55)48-47(57)46(56)44(54)42(39-51)59-48)40(52)37-35-33-31-29-27-25-23-18-16-14-12-10-8-6-4-2/h40-48,51-57H,3-39H2,1-2H3,(H,50,58)/t40-,41-,42-,43-,44-,45?,46+,47-,48+/m1/s1. The third-order valence-corrected chi connectivity index (χ3v) is 12.8. The van der Waals surface area contributed by atoms with Crippen LogP contribution >= 0.6 is 0 Å². The second-order valence-electron chi connectivity index (χ2n) is 18.3. The molecule has 0 spiro atoms. The number of carbonyl (C=O) groups is 1. The van der Waals surface area contributed by atoms with Crippen LogP contribution in [0.4, 0.5) is 0 Å². The van der Waals surface area contributed by atoms with E-state index in [0.717, 1.165) is 38.5 Å². The number of aliphatic hydroxyl groups is 7. The summed E-state index contributed by atoms with van der Waals surface area (Å²) in [5.74, 6) is -0.725. The molecule has 1 amide bonds. The van der Waals surface area contributed by atoms with E-state index in [9.17, 15) is 40.5 Å². The van der Waals surface area contributed by atoms with E-state index in [1.165, 1.54) is 167 Å². The molecule has 1 unspecified atom stereocenters. The van der Waals surface area contributed by atoms with Crippen molar-refractivity contribution in [3.63, 3.8) is 0 Å². The molecule has 1 saturated heterocycles. The normalized spacial score (nSPS) is 21.7. The molecule has 352 valence electrons. The van der Waals surface area contributed by atoms with Gasteiger partial charge in [-0.3, -0.25) is 4.79 Å². The topological polar surface area (TPSA) is 180 Å². The molecule has 9 atom stereocenters. The zero-order chi connectivity index (χ0) is 43.4. The van der Waals surface area contributed by atoms with Gasteiger partial charge in [0.15, 0.2) is 0 Å². The number of nitrogens with one attached hydrogen (secondary N) is 1. The predicted octanol–water partition coefficient (Wildman–Crippen LogP) is 9.48. The van der Waals surface area contributed by atoms with E-state index in [1.54, 1.807) is 0 Å². The third-order valence-electron chi connectivity index (χ3n) is 12.8. The van der Waals surface area contributed by atoms with E-state index in [-0.39, 0.29) is 12.8 Å². The number of unbranched alkanes of at least 4 members (excludes halogenated alkanes) is 32. The molecule has 1 fully saturated rings. The first-order valence-corrected chi connectivity index (χ1v) is 25.3. The third kappa shape index (κ3) is 27.7. The summed E-state index contributed by atoms with van der Waals surface area (Å²) in [6, 6.07) is -1.31. The average molecular weight is 844 g/mol. The summed E-state index contributed by atoms with van der Waals surface area (Å²) < 4.78 is 5.58. The van der Waals surface area contributed by atoms with Gasteiger partial charge in [-0.15, -0.1) is 0 Å². The number of amides is 1. The Morgan fingerprint density at radius 3 is 1.14 bits per heavy atom. The molecule has 0 aromatic heterocycles. The van der Waals surface area contributed by atoms with Gasteiger partial charge in [0.05, 0.1) is 18.8 Å². The molecule has 10 nitrogen and oxygen atoms in total. The number of ether oxygens (including phenoxy) is 1. The minimum absolute atomic E-state index is 0.253. The molecule has 1 heterocycles. The van der Waals surface area contributed by atoms with Crippen molar-refractivity contribution >= 4 is 5.91 Å². The highest BCUT2D eigenvalue weighted by Crippen LogP contribution is 2.27. The van der Waals surface area contributed by atoms with E-state index >= 15 is 0 Å². The van der Waals surface area contributed by atoms with Crippen LogP contribution in [0.2, 0.25) is 0 Å². The highest BCUT2D eigenvalue weighted by atomic mass is 16.6. The Morgan fingerprint density at radius 2 is 0.797 bits per heavy atom. The number of aliphatic hydroxyl groups excluding tert-OH is 7. The smallest absolute Gasteiger partial charge is 0.249 e. The number of hydrogen-bond acceptors (Lipinski definition) is 9. The molecule has 0 aliphatic carbocycles. The monoisotopic (exact) mass is 844 g/mol. The Kier molecular flexibility index (Phi) is 36.9. The van der Waals surface area contributed by atoms with Gasteiger partial charge < -0.3 is 45.8 Å². The fourth-order valence-corrected chi connectivity index (χ4v) is 8.74. The first-order chi connectivity index (χ1) is 28.7. The molecule has 0 saturated carbocycles. The number of carbonyl (C=O) groups excluding carboxylic acids is 1. The van der Waals surface area contributed by atoms with Crippen LogP contribution in [0.25, 0.3) is 0 Å².